The van der Waals surface area contributed by atoms with E-state index in [1.54, 1.807) is 0 Å². The molecule has 2 aromatic carbocycles. The molecule has 7 heteroatoms. The molecule has 1 heterocycles. The summed E-state index contributed by atoms with van der Waals surface area (Å²) in [5.74, 6) is 0.538. The number of methoxy groups -OCH3 is 1. The zero-order valence-corrected chi connectivity index (χ0v) is 18.7. The van der Waals surface area contributed by atoms with E-state index in [1.807, 2.05) is 23.6 Å². The summed E-state index contributed by atoms with van der Waals surface area (Å²) < 4.78 is 20.7. The molecule has 0 radical (unpaired) electrons. The first-order chi connectivity index (χ1) is 14.2. The maximum absolute atomic E-state index is 13.6. The molecule has 0 spiro atoms. The summed E-state index contributed by atoms with van der Waals surface area (Å²) in [5.41, 5.74) is 2.53. The van der Waals surface area contributed by atoms with Crippen LogP contribution >= 0.6 is 11.8 Å². The Bertz CT molecular complexity index is 1040. The Balaban J connectivity index is 1.80. The van der Waals surface area contributed by atoms with Crippen molar-refractivity contribution in [2.45, 2.75) is 44.8 Å². The smallest absolute Gasteiger partial charge is 0.191 e. The summed E-state index contributed by atoms with van der Waals surface area (Å²) in [5, 5.41) is 9.27. The van der Waals surface area contributed by atoms with Crippen LogP contribution < -0.4 is 4.74 Å². The van der Waals surface area contributed by atoms with Crippen LogP contribution in [0.15, 0.2) is 47.6 Å². The lowest BCUT2D eigenvalue weighted by Crippen LogP contribution is -2.10. The van der Waals surface area contributed by atoms with Crippen LogP contribution in [0.3, 0.4) is 0 Å². The fraction of sp³-hybridized carbons (Fsp3) is 0.348. The number of halogens is 1. The number of carbonyl (C=O) groups excluding carboxylic acids is 1. The van der Waals surface area contributed by atoms with E-state index in [9.17, 15) is 9.18 Å². The number of thioether (sulfide) groups is 1. The van der Waals surface area contributed by atoms with Crippen molar-refractivity contribution in [2.75, 3.05) is 12.9 Å². The van der Waals surface area contributed by atoms with Gasteiger partial charge in [-0.15, -0.1) is 10.2 Å². The number of hydrogen-bond donors (Lipinski definition) is 0. The van der Waals surface area contributed by atoms with E-state index >= 15 is 0 Å². The second-order valence-electron chi connectivity index (χ2n) is 7.93. The van der Waals surface area contributed by atoms with Gasteiger partial charge in [-0.2, -0.15) is 0 Å². The summed E-state index contributed by atoms with van der Waals surface area (Å²) in [4.78, 5) is 12.6. The number of benzene rings is 2. The Labute approximate surface area is 180 Å². The van der Waals surface area contributed by atoms with Crippen LogP contribution in [0.25, 0.3) is 11.4 Å². The zero-order chi connectivity index (χ0) is 21.9. The molecule has 0 saturated carbocycles. The van der Waals surface area contributed by atoms with Crippen molar-refractivity contribution in [3.05, 3.63) is 59.4 Å². The third-order valence-electron chi connectivity index (χ3n) is 4.84. The van der Waals surface area contributed by atoms with Gasteiger partial charge in [0.1, 0.15) is 11.6 Å². The molecular weight excluding hydrogens is 401 g/mol. The van der Waals surface area contributed by atoms with Crippen LogP contribution in [-0.2, 0) is 12.0 Å². The lowest BCUT2D eigenvalue weighted by Gasteiger charge is -2.19. The molecule has 30 heavy (non-hydrogen) atoms. The fourth-order valence-electron chi connectivity index (χ4n) is 3.12. The first-order valence-electron chi connectivity index (χ1n) is 9.78. The van der Waals surface area contributed by atoms with Crippen molar-refractivity contribution in [1.82, 2.24) is 14.8 Å². The molecule has 0 aliphatic heterocycles. The molecule has 158 valence electrons. The van der Waals surface area contributed by atoms with E-state index < -0.39 is 5.82 Å². The standard InChI is InChI=1S/C23H26FN3O2S/c1-6-27-21(15-7-9-16(10-8-15)23(2,3)4)25-26-22(27)30-14-19(28)18-13-17(24)11-12-20(18)29-5/h7-13H,6,14H2,1-5H3. The Morgan fingerprint density at radius 3 is 2.43 bits per heavy atom. The van der Waals surface area contributed by atoms with E-state index in [0.29, 0.717) is 17.5 Å². The topological polar surface area (TPSA) is 57.0 Å². The number of ether oxygens (including phenoxy) is 1. The predicted molar refractivity (Wildman–Crippen MR) is 118 cm³/mol. The highest BCUT2D eigenvalue weighted by molar-refractivity contribution is 7.99. The molecule has 0 aliphatic rings. The number of Topliss-reactive ketones (excluding diaryl/α,β-unsaturated/α-hetero) is 1. The molecule has 0 aliphatic carbocycles. The molecule has 0 bridgehead atoms. The maximum Gasteiger partial charge on any atom is 0.191 e. The molecule has 0 saturated heterocycles. The van der Waals surface area contributed by atoms with E-state index in [4.69, 9.17) is 4.74 Å². The lowest BCUT2D eigenvalue weighted by molar-refractivity contribution is 0.101. The van der Waals surface area contributed by atoms with Gasteiger partial charge in [-0.25, -0.2) is 4.39 Å². The summed E-state index contributed by atoms with van der Waals surface area (Å²) in [7, 11) is 1.46. The molecule has 0 unspecified atom stereocenters. The predicted octanol–water partition coefficient (Wildman–Crippen LogP) is 5.39. The summed E-state index contributed by atoms with van der Waals surface area (Å²) in [6, 6.07) is 12.2. The molecule has 0 fully saturated rings. The number of carbonyl (C=O) groups is 1. The molecule has 3 rings (SSSR count). The second-order valence-corrected chi connectivity index (χ2v) is 8.88. The Morgan fingerprint density at radius 2 is 1.83 bits per heavy atom. The van der Waals surface area contributed by atoms with Gasteiger partial charge in [0.05, 0.1) is 18.4 Å². The minimum absolute atomic E-state index is 0.0797. The van der Waals surface area contributed by atoms with Crippen LogP contribution in [0.2, 0.25) is 0 Å². The first-order valence-corrected chi connectivity index (χ1v) is 10.8. The van der Waals surface area contributed by atoms with Crippen molar-refractivity contribution in [3.63, 3.8) is 0 Å². The van der Waals surface area contributed by atoms with Crippen LogP contribution in [0.1, 0.15) is 43.6 Å². The van der Waals surface area contributed by atoms with Gasteiger partial charge in [0.25, 0.3) is 0 Å². The van der Waals surface area contributed by atoms with E-state index in [1.165, 1.54) is 42.6 Å². The monoisotopic (exact) mass is 427 g/mol. The average Bonchev–Trinajstić information content (AvgIpc) is 3.14. The van der Waals surface area contributed by atoms with Crippen LogP contribution in [-0.4, -0.2) is 33.4 Å². The molecule has 0 N–H and O–H groups in total. The number of rotatable bonds is 7. The molecule has 5 nitrogen and oxygen atoms in total. The van der Waals surface area contributed by atoms with Gasteiger partial charge in [0.2, 0.25) is 0 Å². The van der Waals surface area contributed by atoms with Gasteiger partial charge in [0.15, 0.2) is 16.8 Å². The van der Waals surface area contributed by atoms with Crippen molar-refractivity contribution in [2.24, 2.45) is 0 Å². The van der Waals surface area contributed by atoms with Crippen LogP contribution in [0.5, 0.6) is 5.75 Å². The summed E-state index contributed by atoms with van der Waals surface area (Å²) in [6.07, 6.45) is 0. The van der Waals surface area contributed by atoms with Gasteiger partial charge in [-0.05, 0) is 36.1 Å². The number of nitrogens with zero attached hydrogens (tertiary/aromatic N) is 3. The minimum Gasteiger partial charge on any atom is -0.496 e. The quantitative estimate of drug-likeness (QED) is 0.374. The largest absolute Gasteiger partial charge is 0.496 e. The van der Waals surface area contributed by atoms with Gasteiger partial charge >= 0.3 is 0 Å². The van der Waals surface area contributed by atoms with Crippen molar-refractivity contribution in [3.8, 4) is 17.1 Å². The lowest BCUT2D eigenvalue weighted by atomic mass is 9.87. The summed E-state index contributed by atoms with van der Waals surface area (Å²) >= 11 is 1.28. The van der Waals surface area contributed by atoms with Gasteiger partial charge in [-0.1, -0.05) is 56.8 Å². The highest BCUT2D eigenvalue weighted by atomic mass is 32.2. The van der Waals surface area contributed by atoms with E-state index in [-0.39, 0.29) is 22.5 Å². The Kier molecular flexibility index (Phi) is 6.61. The van der Waals surface area contributed by atoms with Gasteiger partial charge < -0.3 is 9.30 Å². The first kappa shape index (κ1) is 22.0. The second kappa shape index (κ2) is 9.00. The number of aromatic nitrogens is 3. The summed E-state index contributed by atoms with van der Waals surface area (Å²) in [6.45, 7) is 9.21. The maximum atomic E-state index is 13.6. The van der Waals surface area contributed by atoms with Gasteiger partial charge in [0, 0.05) is 12.1 Å². The molecule has 3 aromatic rings. The Morgan fingerprint density at radius 1 is 1.13 bits per heavy atom. The number of ketones is 1. The fourth-order valence-corrected chi connectivity index (χ4v) is 4.00. The highest BCUT2D eigenvalue weighted by Crippen LogP contribution is 2.29. The zero-order valence-electron chi connectivity index (χ0n) is 17.9. The molecule has 0 atom stereocenters. The Hall–Kier alpha value is -2.67. The van der Waals surface area contributed by atoms with Crippen molar-refractivity contribution >= 4 is 17.5 Å². The van der Waals surface area contributed by atoms with Crippen LogP contribution in [0, 0.1) is 5.82 Å². The van der Waals surface area contributed by atoms with Crippen molar-refractivity contribution < 1.29 is 13.9 Å². The molecule has 1 aromatic heterocycles. The van der Waals surface area contributed by atoms with Gasteiger partial charge in [-0.3, -0.25) is 4.79 Å². The minimum atomic E-state index is -0.470. The molecular formula is C23H26FN3O2S. The van der Waals surface area contributed by atoms with Crippen LogP contribution in [0.4, 0.5) is 4.39 Å². The highest BCUT2D eigenvalue weighted by Gasteiger charge is 2.19. The SMILES string of the molecule is CCn1c(SCC(=O)c2cc(F)ccc2OC)nnc1-c1ccc(C(C)(C)C)cc1. The normalized spacial score (nSPS) is 11.5. The van der Waals surface area contributed by atoms with Crippen molar-refractivity contribution in [1.29, 1.82) is 0 Å². The van der Waals surface area contributed by atoms with E-state index in [0.717, 1.165) is 11.4 Å². The molecule has 0 amide bonds. The number of hydrogen-bond acceptors (Lipinski definition) is 5. The average molecular weight is 428 g/mol. The van der Waals surface area contributed by atoms with E-state index in [2.05, 4.69) is 43.1 Å². The third-order valence-corrected chi connectivity index (χ3v) is 5.80. The third kappa shape index (κ3) is 4.73.